The van der Waals surface area contributed by atoms with Crippen LogP contribution >= 0.6 is 23.2 Å². The first-order chi connectivity index (χ1) is 10.0. The average Bonchev–Trinajstić information content (AvgIpc) is 2.48. The summed E-state index contributed by atoms with van der Waals surface area (Å²) in [6.45, 7) is 5.25. The maximum Gasteiger partial charge on any atom is 0.241 e. The molecule has 1 amide bonds. The van der Waals surface area contributed by atoms with Gasteiger partial charge in [-0.15, -0.1) is 23.2 Å². The fourth-order valence-corrected chi connectivity index (χ4v) is 2.33. The van der Waals surface area contributed by atoms with Crippen LogP contribution in [0, 0.1) is 6.92 Å². The molecule has 0 aliphatic rings. The van der Waals surface area contributed by atoms with E-state index in [9.17, 15) is 4.79 Å². The van der Waals surface area contributed by atoms with E-state index >= 15 is 0 Å². The van der Waals surface area contributed by atoms with Crippen LogP contribution in [0.5, 0.6) is 0 Å². The number of aryl methyl sites for hydroxylation is 1. The van der Waals surface area contributed by atoms with Gasteiger partial charge in [-0.25, -0.2) is 0 Å². The average molecular weight is 332 g/mol. The van der Waals surface area contributed by atoms with Crippen LogP contribution in [0.1, 0.15) is 18.9 Å². The summed E-state index contributed by atoms with van der Waals surface area (Å²) in [5.74, 6) is 0.874. The van der Waals surface area contributed by atoms with Gasteiger partial charge in [0.2, 0.25) is 5.91 Å². The normalized spacial score (nSPS) is 12.0. The number of amides is 1. The molecule has 0 aromatic heterocycles. The van der Waals surface area contributed by atoms with Gasteiger partial charge < -0.3 is 16.0 Å². The number of hydrogen-bond donors (Lipinski definition) is 2. The highest BCUT2D eigenvalue weighted by atomic mass is 35.5. The molecule has 1 atom stereocenters. The summed E-state index contributed by atoms with van der Waals surface area (Å²) in [4.78, 5) is 14.0. The molecule has 1 aromatic rings. The van der Waals surface area contributed by atoms with Gasteiger partial charge in [0.05, 0.1) is 6.04 Å². The maximum atomic E-state index is 11.9. The molecule has 0 heterocycles. The van der Waals surface area contributed by atoms with Crippen molar-refractivity contribution in [3.63, 3.8) is 0 Å². The van der Waals surface area contributed by atoms with Crippen molar-refractivity contribution < 1.29 is 4.79 Å². The SMILES string of the molecule is CC[C@@H](N)C(=O)Nc1cc(N(CCCl)CCCl)ccc1C. The number of benzene rings is 1. The smallest absolute Gasteiger partial charge is 0.241 e. The summed E-state index contributed by atoms with van der Waals surface area (Å²) >= 11 is 11.7. The number of carbonyl (C=O) groups is 1. The lowest BCUT2D eigenvalue weighted by atomic mass is 10.1. The Hall–Kier alpha value is -0.970. The molecule has 6 heteroatoms. The van der Waals surface area contributed by atoms with Gasteiger partial charge in [0, 0.05) is 36.2 Å². The van der Waals surface area contributed by atoms with Crippen molar-refractivity contribution in [3.8, 4) is 0 Å². The Morgan fingerprint density at radius 1 is 1.33 bits per heavy atom. The monoisotopic (exact) mass is 331 g/mol. The Morgan fingerprint density at radius 2 is 1.95 bits per heavy atom. The number of rotatable bonds is 8. The maximum absolute atomic E-state index is 11.9. The van der Waals surface area contributed by atoms with Crippen molar-refractivity contribution in [2.24, 2.45) is 5.73 Å². The first-order valence-corrected chi connectivity index (χ1v) is 8.14. The van der Waals surface area contributed by atoms with E-state index in [2.05, 4.69) is 10.2 Å². The first kappa shape index (κ1) is 18.1. The Balaban J connectivity index is 2.95. The van der Waals surface area contributed by atoms with Crippen molar-refractivity contribution in [3.05, 3.63) is 23.8 Å². The number of nitrogens with two attached hydrogens (primary N) is 1. The molecule has 1 rings (SSSR count). The van der Waals surface area contributed by atoms with Crippen LogP contribution in [0.15, 0.2) is 18.2 Å². The third-order valence-corrected chi connectivity index (χ3v) is 3.67. The van der Waals surface area contributed by atoms with Crippen LogP contribution < -0.4 is 16.0 Å². The molecule has 21 heavy (non-hydrogen) atoms. The fourth-order valence-electron chi connectivity index (χ4n) is 1.93. The molecule has 0 saturated heterocycles. The van der Waals surface area contributed by atoms with E-state index in [1.165, 1.54) is 0 Å². The van der Waals surface area contributed by atoms with E-state index in [0.717, 1.165) is 16.9 Å². The molecule has 0 aliphatic heterocycles. The van der Waals surface area contributed by atoms with E-state index in [4.69, 9.17) is 28.9 Å². The molecule has 118 valence electrons. The standard InChI is InChI=1S/C15H23Cl2N3O/c1-3-13(18)15(21)19-14-10-12(5-4-11(14)2)20(8-6-16)9-7-17/h4-5,10,13H,3,6-9,18H2,1-2H3,(H,19,21)/t13-/m1/s1. The third-order valence-electron chi connectivity index (χ3n) is 3.33. The van der Waals surface area contributed by atoms with Crippen molar-refractivity contribution >= 4 is 40.5 Å². The Kier molecular flexibility index (Phi) is 7.86. The second-order valence-electron chi connectivity index (χ2n) is 4.87. The minimum absolute atomic E-state index is 0.168. The van der Waals surface area contributed by atoms with Crippen molar-refractivity contribution in [1.29, 1.82) is 0 Å². The van der Waals surface area contributed by atoms with Gasteiger partial charge in [-0.05, 0) is 31.0 Å². The van der Waals surface area contributed by atoms with Crippen molar-refractivity contribution in [1.82, 2.24) is 0 Å². The zero-order valence-corrected chi connectivity index (χ0v) is 14.0. The summed E-state index contributed by atoms with van der Waals surface area (Å²) in [5, 5.41) is 2.88. The van der Waals surface area contributed by atoms with Gasteiger partial charge in [0.25, 0.3) is 0 Å². The summed E-state index contributed by atoms with van der Waals surface area (Å²) in [6.07, 6.45) is 0.606. The minimum atomic E-state index is -0.491. The number of halogens is 2. The largest absolute Gasteiger partial charge is 0.369 e. The summed E-state index contributed by atoms with van der Waals surface area (Å²) in [5.41, 5.74) is 8.50. The zero-order valence-electron chi connectivity index (χ0n) is 12.5. The van der Waals surface area contributed by atoms with Gasteiger partial charge in [0.15, 0.2) is 0 Å². The molecule has 4 nitrogen and oxygen atoms in total. The molecule has 0 aliphatic carbocycles. The predicted molar refractivity (Wildman–Crippen MR) is 91.7 cm³/mol. The van der Waals surface area contributed by atoms with Crippen LogP contribution in [-0.2, 0) is 4.79 Å². The summed E-state index contributed by atoms with van der Waals surface area (Å²) in [7, 11) is 0. The third kappa shape index (κ3) is 5.38. The summed E-state index contributed by atoms with van der Waals surface area (Å²) in [6, 6.07) is 5.42. The Morgan fingerprint density at radius 3 is 2.48 bits per heavy atom. The van der Waals surface area contributed by atoms with E-state index in [1.54, 1.807) is 0 Å². The number of anilines is 2. The van der Waals surface area contributed by atoms with Crippen LogP contribution in [0.4, 0.5) is 11.4 Å². The molecule has 1 aromatic carbocycles. The van der Waals surface area contributed by atoms with Crippen LogP contribution in [0.3, 0.4) is 0 Å². The Bertz CT molecular complexity index is 462. The first-order valence-electron chi connectivity index (χ1n) is 7.07. The quantitative estimate of drug-likeness (QED) is 0.720. The fraction of sp³-hybridized carbons (Fsp3) is 0.533. The van der Waals surface area contributed by atoms with E-state index in [0.29, 0.717) is 31.3 Å². The molecule has 0 spiro atoms. The van der Waals surface area contributed by atoms with E-state index in [-0.39, 0.29) is 5.91 Å². The highest BCUT2D eigenvalue weighted by Crippen LogP contribution is 2.23. The second-order valence-corrected chi connectivity index (χ2v) is 5.62. The molecule has 0 bridgehead atoms. The highest BCUT2D eigenvalue weighted by molar-refractivity contribution is 6.18. The molecular weight excluding hydrogens is 309 g/mol. The predicted octanol–water partition coefficient (Wildman–Crippen LogP) is 2.95. The summed E-state index contributed by atoms with van der Waals surface area (Å²) < 4.78 is 0. The van der Waals surface area contributed by atoms with Crippen molar-refractivity contribution in [2.45, 2.75) is 26.3 Å². The van der Waals surface area contributed by atoms with Crippen LogP contribution in [0.2, 0.25) is 0 Å². The number of carbonyl (C=O) groups excluding carboxylic acids is 1. The highest BCUT2D eigenvalue weighted by Gasteiger charge is 2.13. The molecule has 3 N–H and O–H groups in total. The molecule has 0 radical (unpaired) electrons. The number of nitrogens with one attached hydrogen (secondary N) is 1. The topological polar surface area (TPSA) is 58.4 Å². The van der Waals surface area contributed by atoms with Crippen LogP contribution in [0.25, 0.3) is 0 Å². The molecule has 0 unspecified atom stereocenters. The van der Waals surface area contributed by atoms with E-state index in [1.807, 2.05) is 32.0 Å². The molecule has 0 saturated carbocycles. The number of nitrogens with zero attached hydrogens (tertiary/aromatic N) is 1. The zero-order chi connectivity index (χ0) is 15.8. The van der Waals surface area contributed by atoms with E-state index < -0.39 is 6.04 Å². The van der Waals surface area contributed by atoms with Gasteiger partial charge >= 0.3 is 0 Å². The van der Waals surface area contributed by atoms with Crippen LogP contribution in [-0.4, -0.2) is 36.8 Å². The Labute approximate surface area is 136 Å². The lowest BCUT2D eigenvalue weighted by molar-refractivity contribution is -0.117. The molecular formula is C15H23Cl2N3O. The van der Waals surface area contributed by atoms with Gasteiger partial charge in [0.1, 0.15) is 0 Å². The lowest BCUT2D eigenvalue weighted by Gasteiger charge is -2.24. The van der Waals surface area contributed by atoms with Crippen molar-refractivity contribution in [2.75, 3.05) is 35.1 Å². The van der Waals surface area contributed by atoms with Gasteiger partial charge in [-0.1, -0.05) is 13.0 Å². The number of alkyl halides is 2. The second kappa shape index (κ2) is 9.13. The van der Waals surface area contributed by atoms with Gasteiger partial charge in [-0.2, -0.15) is 0 Å². The van der Waals surface area contributed by atoms with Gasteiger partial charge in [-0.3, -0.25) is 4.79 Å². The lowest BCUT2D eigenvalue weighted by Crippen LogP contribution is -2.35. The number of hydrogen-bond acceptors (Lipinski definition) is 3. The molecule has 0 fully saturated rings. The minimum Gasteiger partial charge on any atom is -0.369 e.